The molecular formula is C11H13ClN4OS. The topological polar surface area (TPSA) is 73.8 Å². The van der Waals surface area contributed by atoms with Gasteiger partial charge in [0.2, 0.25) is 5.78 Å². The van der Waals surface area contributed by atoms with Crippen molar-refractivity contribution in [2.45, 2.75) is 26.4 Å². The third-order valence-electron chi connectivity index (χ3n) is 2.41. The zero-order valence-electron chi connectivity index (χ0n) is 10.1. The molecule has 0 spiro atoms. The van der Waals surface area contributed by atoms with Crippen LogP contribution < -0.4 is 5.73 Å². The van der Waals surface area contributed by atoms with Gasteiger partial charge in [-0.2, -0.15) is 5.10 Å². The van der Waals surface area contributed by atoms with Gasteiger partial charge < -0.3 is 5.73 Å². The van der Waals surface area contributed by atoms with Crippen LogP contribution >= 0.6 is 22.9 Å². The largest absolute Gasteiger partial charge is 0.325 e. The van der Waals surface area contributed by atoms with Crippen molar-refractivity contribution in [1.82, 2.24) is 14.8 Å². The lowest BCUT2D eigenvalue weighted by Gasteiger charge is -2.09. The first-order chi connectivity index (χ1) is 8.54. The van der Waals surface area contributed by atoms with E-state index in [1.54, 1.807) is 10.1 Å². The molecule has 0 atom stereocenters. The summed E-state index contributed by atoms with van der Waals surface area (Å²) in [6.07, 6.45) is 1.48. The van der Waals surface area contributed by atoms with Crippen molar-refractivity contribution in [3.8, 4) is 0 Å². The number of hydrogen-bond donors (Lipinski definition) is 1. The van der Waals surface area contributed by atoms with Crippen molar-refractivity contribution in [2.24, 2.45) is 5.73 Å². The molecule has 0 radical (unpaired) electrons. The number of nitrogens with two attached hydrogens (primary N) is 1. The molecule has 2 aromatic rings. The number of carbonyl (C=O) groups is 1. The highest BCUT2D eigenvalue weighted by Gasteiger charge is 2.22. The van der Waals surface area contributed by atoms with Crippen LogP contribution in [0, 0.1) is 0 Å². The summed E-state index contributed by atoms with van der Waals surface area (Å²) in [7, 11) is 0. The summed E-state index contributed by atoms with van der Waals surface area (Å²) in [5.41, 5.74) is 6.22. The van der Waals surface area contributed by atoms with Crippen LogP contribution in [0.2, 0.25) is 5.02 Å². The van der Waals surface area contributed by atoms with Gasteiger partial charge in [-0.3, -0.25) is 9.48 Å². The van der Waals surface area contributed by atoms with E-state index in [1.807, 2.05) is 13.8 Å². The Morgan fingerprint density at radius 3 is 2.89 bits per heavy atom. The third kappa shape index (κ3) is 2.31. The molecule has 96 valence electrons. The number of halogens is 1. The normalized spacial score (nSPS) is 11.2. The van der Waals surface area contributed by atoms with Gasteiger partial charge in [-0.1, -0.05) is 11.6 Å². The van der Waals surface area contributed by atoms with Gasteiger partial charge in [-0.15, -0.1) is 11.3 Å². The summed E-state index contributed by atoms with van der Waals surface area (Å²) in [4.78, 5) is 16.5. The number of carbonyl (C=O) groups excluding carboxylic acids is 1. The minimum atomic E-state index is -0.220. The smallest absolute Gasteiger partial charge is 0.231 e. The van der Waals surface area contributed by atoms with Crippen molar-refractivity contribution < 1.29 is 4.79 Å². The third-order valence-corrected chi connectivity index (χ3v) is 3.56. The number of rotatable bonds is 4. The number of ketones is 1. The lowest BCUT2D eigenvalue weighted by atomic mass is 10.2. The molecule has 0 bridgehead atoms. The molecule has 0 aliphatic carbocycles. The number of thiazole rings is 1. The van der Waals surface area contributed by atoms with Gasteiger partial charge >= 0.3 is 0 Å². The fourth-order valence-electron chi connectivity index (χ4n) is 1.58. The summed E-state index contributed by atoms with van der Waals surface area (Å²) in [5, 5.41) is 6.87. The molecule has 0 fully saturated rings. The predicted octanol–water partition coefficient (Wildman–Crippen LogP) is 2.26. The van der Waals surface area contributed by atoms with E-state index in [2.05, 4.69) is 10.1 Å². The molecule has 2 heterocycles. The lowest BCUT2D eigenvalue weighted by Crippen LogP contribution is -2.14. The SMILES string of the molecule is CC(C)n1ncc(Cl)c1C(=O)c1csc(CN)n1. The minimum absolute atomic E-state index is 0.0593. The van der Waals surface area contributed by atoms with Crippen molar-refractivity contribution in [1.29, 1.82) is 0 Å². The molecule has 0 aliphatic heterocycles. The Morgan fingerprint density at radius 1 is 1.61 bits per heavy atom. The maximum Gasteiger partial charge on any atom is 0.231 e. The van der Waals surface area contributed by atoms with Crippen molar-refractivity contribution in [3.63, 3.8) is 0 Å². The summed E-state index contributed by atoms with van der Waals surface area (Å²) < 4.78 is 1.60. The second kappa shape index (κ2) is 5.17. The maximum atomic E-state index is 12.3. The van der Waals surface area contributed by atoms with Crippen molar-refractivity contribution in [3.05, 3.63) is 33.0 Å². The van der Waals surface area contributed by atoms with Crippen LogP contribution in [-0.2, 0) is 6.54 Å². The summed E-state index contributed by atoms with van der Waals surface area (Å²) in [6, 6.07) is 0.0593. The van der Waals surface area contributed by atoms with Crippen LogP contribution in [0.1, 0.15) is 41.1 Å². The van der Waals surface area contributed by atoms with E-state index in [0.29, 0.717) is 23.0 Å². The predicted molar refractivity (Wildman–Crippen MR) is 71.1 cm³/mol. The first-order valence-corrected chi connectivity index (χ1v) is 6.72. The number of aromatic nitrogens is 3. The van der Waals surface area contributed by atoms with E-state index in [0.717, 1.165) is 5.01 Å². The average molecular weight is 285 g/mol. The minimum Gasteiger partial charge on any atom is -0.325 e. The zero-order valence-corrected chi connectivity index (χ0v) is 11.6. The van der Waals surface area contributed by atoms with Crippen molar-refractivity contribution in [2.75, 3.05) is 0 Å². The quantitative estimate of drug-likeness (QED) is 0.874. The van der Waals surface area contributed by atoms with Gasteiger partial charge in [0.25, 0.3) is 0 Å². The maximum absolute atomic E-state index is 12.3. The van der Waals surface area contributed by atoms with E-state index < -0.39 is 0 Å². The van der Waals surface area contributed by atoms with Gasteiger partial charge in [0, 0.05) is 18.0 Å². The summed E-state index contributed by atoms with van der Waals surface area (Å²) in [6.45, 7) is 4.20. The zero-order chi connectivity index (χ0) is 13.3. The molecular weight excluding hydrogens is 272 g/mol. The Morgan fingerprint density at radius 2 is 2.33 bits per heavy atom. The molecule has 0 aromatic carbocycles. The lowest BCUT2D eigenvalue weighted by molar-refractivity contribution is 0.102. The van der Waals surface area contributed by atoms with Gasteiger partial charge in [0.1, 0.15) is 16.4 Å². The van der Waals surface area contributed by atoms with Crippen LogP contribution in [0.15, 0.2) is 11.6 Å². The van der Waals surface area contributed by atoms with Gasteiger partial charge in [-0.05, 0) is 13.8 Å². The Kier molecular flexibility index (Phi) is 3.79. The molecule has 2 rings (SSSR count). The van der Waals surface area contributed by atoms with Gasteiger partial charge in [0.15, 0.2) is 0 Å². The molecule has 18 heavy (non-hydrogen) atoms. The van der Waals surface area contributed by atoms with Crippen LogP contribution in [-0.4, -0.2) is 20.5 Å². The Bertz CT molecular complexity index is 575. The summed E-state index contributed by atoms with van der Waals surface area (Å²) in [5.74, 6) is -0.220. The van der Waals surface area contributed by atoms with Crippen LogP contribution in [0.3, 0.4) is 0 Å². The monoisotopic (exact) mass is 284 g/mol. The van der Waals surface area contributed by atoms with Gasteiger partial charge in [-0.25, -0.2) is 4.98 Å². The molecule has 0 aliphatic rings. The Labute approximate surface area is 114 Å². The van der Waals surface area contributed by atoms with Crippen LogP contribution in [0.4, 0.5) is 0 Å². The standard InChI is InChI=1S/C11H13ClN4OS/c1-6(2)16-10(7(12)4-14-16)11(17)8-5-18-9(3-13)15-8/h4-6H,3,13H2,1-2H3. The molecule has 0 saturated carbocycles. The molecule has 7 heteroatoms. The first-order valence-electron chi connectivity index (χ1n) is 5.46. The fraction of sp³-hybridized carbons (Fsp3) is 0.364. The second-order valence-electron chi connectivity index (χ2n) is 4.04. The molecule has 0 unspecified atom stereocenters. The van der Waals surface area contributed by atoms with Gasteiger partial charge in [0.05, 0.1) is 11.2 Å². The van der Waals surface area contributed by atoms with E-state index in [1.165, 1.54) is 17.5 Å². The van der Waals surface area contributed by atoms with E-state index in [-0.39, 0.29) is 11.8 Å². The van der Waals surface area contributed by atoms with Crippen molar-refractivity contribution >= 4 is 28.7 Å². The second-order valence-corrected chi connectivity index (χ2v) is 5.39. The molecule has 5 nitrogen and oxygen atoms in total. The van der Waals surface area contributed by atoms with E-state index in [4.69, 9.17) is 17.3 Å². The highest BCUT2D eigenvalue weighted by Crippen LogP contribution is 2.22. The Balaban J connectivity index is 2.42. The first kappa shape index (κ1) is 13.2. The summed E-state index contributed by atoms with van der Waals surface area (Å²) >= 11 is 7.39. The molecule has 0 amide bonds. The fourth-order valence-corrected chi connectivity index (χ4v) is 2.45. The number of nitrogens with zero attached hydrogens (tertiary/aromatic N) is 3. The van der Waals surface area contributed by atoms with E-state index in [9.17, 15) is 4.79 Å². The molecule has 0 saturated heterocycles. The van der Waals surface area contributed by atoms with Crippen LogP contribution in [0.5, 0.6) is 0 Å². The number of hydrogen-bond acceptors (Lipinski definition) is 5. The molecule has 2 N–H and O–H groups in total. The highest BCUT2D eigenvalue weighted by molar-refractivity contribution is 7.09. The Hall–Kier alpha value is -1.24. The highest BCUT2D eigenvalue weighted by atomic mass is 35.5. The average Bonchev–Trinajstić information content (AvgIpc) is 2.94. The van der Waals surface area contributed by atoms with E-state index >= 15 is 0 Å². The molecule has 2 aromatic heterocycles. The van der Waals surface area contributed by atoms with Crippen LogP contribution in [0.25, 0.3) is 0 Å².